The van der Waals surface area contributed by atoms with E-state index in [9.17, 15) is 18.1 Å². The van der Waals surface area contributed by atoms with E-state index in [2.05, 4.69) is 0 Å². The van der Waals surface area contributed by atoms with E-state index in [0.29, 0.717) is 11.1 Å². The summed E-state index contributed by atoms with van der Waals surface area (Å²) < 4.78 is 35.7. The highest BCUT2D eigenvalue weighted by Crippen LogP contribution is 2.22. The summed E-state index contributed by atoms with van der Waals surface area (Å²) in [5.41, 5.74) is 0.827. The topological polar surface area (TPSA) is 20.2 Å². The van der Waals surface area contributed by atoms with Gasteiger partial charge in [0.1, 0.15) is 5.75 Å². The smallest absolute Gasteiger partial charge is 0.502 e. The molecule has 0 aliphatic rings. The Morgan fingerprint density at radius 2 is 1.93 bits per heavy atom. The highest BCUT2D eigenvalue weighted by Gasteiger charge is 2.17. The normalized spacial score (nSPS) is 12.3. The molecule has 1 rings (SSSR count). The highest BCUT2D eigenvalue weighted by molar-refractivity contribution is 6.64. The third kappa shape index (κ3) is 2.83. The Morgan fingerprint density at radius 3 is 2.50 bits per heavy atom. The molecule has 0 bridgehead atoms. The van der Waals surface area contributed by atoms with Crippen molar-refractivity contribution in [2.75, 3.05) is 0 Å². The van der Waals surface area contributed by atoms with E-state index in [-0.39, 0.29) is 11.7 Å². The summed E-state index contributed by atoms with van der Waals surface area (Å²) in [6, 6.07) is 4.46. The van der Waals surface area contributed by atoms with E-state index in [0.717, 1.165) is 6.08 Å². The molecule has 1 aromatic carbocycles. The number of aromatic hydroxyl groups is 1. The van der Waals surface area contributed by atoms with E-state index in [1.54, 1.807) is 6.92 Å². The van der Waals surface area contributed by atoms with Gasteiger partial charge in [0.05, 0.1) is 0 Å². The molecule has 76 valence electrons. The third-order valence-electron chi connectivity index (χ3n) is 1.84. The van der Waals surface area contributed by atoms with Gasteiger partial charge in [-0.25, -0.2) is 0 Å². The lowest BCUT2D eigenvalue weighted by atomic mass is 9.90. The van der Waals surface area contributed by atoms with Crippen molar-refractivity contribution in [3.63, 3.8) is 0 Å². The van der Waals surface area contributed by atoms with Gasteiger partial charge < -0.3 is 18.1 Å². The van der Waals surface area contributed by atoms with Crippen molar-refractivity contribution < 1.29 is 18.1 Å². The molecule has 1 aromatic rings. The number of rotatable bonds is 2. The summed E-state index contributed by atoms with van der Waals surface area (Å²) in [6.07, 6.45) is 0.967. The van der Waals surface area contributed by atoms with Gasteiger partial charge in [-0.15, -0.1) is 5.98 Å². The predicted molar refractivity (Wildman–Crippen MR) is 51.0 cm³/mol. The Kier molecular flexibility index (Phi) is 2.89. The van der Waals surface area contributed by atoms with Crippen molar-refractivity contribution >= 4 is 13.1 Å². The van der Waals surface area contributed by atoms with Crippen molar-refractivity contribution in [2.24, 2.45) is 0 Å². The van der Waals surface area contributed by atoms with Gasteiger partial charge in [-0.3, -0.25) is 0 Å². The van der Waals surface area contributed by atoms with Crippen molar-refractivity contribution in [2.45, 2.75) is 6.92 Å². The predicted octanol–water partition coefficient (Wildman–Crippen LogP) is 3.10. The van der Waals surface area contributed by atoms with E-state index in [1.807, 2.05) is 0 Å². The van der Waals surface area contributed by atoms with Crippen LogP contribution in [-0.2, 0) is 0 Å². The molecule has 0 radical (unpaired) electrons. The fraction of sp³-hybridized carbons (Fsp3) is 0.111. The Bertz CT molecular complexity index is 358. The SMILES string of the molecule is Cc1c(O)cccc1/C=C/[B-](F)(F)F. The van der Waals surface area contributed by atoms with Crippen LogP contribution in [0.2, 0.25) is 0 Å². The standard InChI is InChI=1S/C9H9BF3O/c1-7-8(3-2-4-9(7)14)5-6-10(11,12)13/h2-6,14H,1H3/q-1/b6-5+. The maximum Gasteiger partial charge on any atom is 0.502 e. The van der Waals surface area contributed by atoms with Gasteiger partial charge in [0.2, 0.25) is 0 Å². The molecule has 0 aliphatic carbocycles. The fourth-order valence-corrected chi connectivity index (χ4v) is 1.03. The number of benzene rings is 1. The second-order valence-corrected chi connectivity index (χ2v) is 2.98. The van der Waals surface area contributed by atoms with Crippen molar-refractivity contribution in [1.82, 2.24) is 0 Å². The van der Waals surface area contributed by atoms with Crippen LogP contribution in [0.1, 0.15) is 11.1 Å². The van der Waals surface area contributed by atoms with Gasteiger partial charge in [0, 0.05) is 0 Å². The number of halogens is 3. The van der Waals surface area contributed by atoms with Gasteiger partial charge in [-0.1, -0.05) is 18.2 Å². The van der Waals surface area contributed by atoms with Gasteiger partial charge in [-0.05, 0) is 24.1 Å². The summed E-state index contributed by atoms with van der Waals surface area (Å²) in [5.74, 6) is 0.212. The molecule has 1 N–H and O–H groups in total. The minimum absolute atomic E-state index is 0.00169. The second-order valence-electron chi connectivity index (χ2n) is 2.98. The first kappa shape index (κ1) is 10.7. The van der Waals surface area contributed by atoms with Crippen LogP contribution in [-0.4, -0.2) is 12.1 Å². The van der Waals surface area contributed by atoms with Crippen LogP contribution in [0.5, 0.6) is 5.75 Å². The minimum Gasteiger partial charge on any atom is -0.508 e. The lowest BCUT2D eigenvalue weighted by molar-refractivity contribution is 0.471. The van der Waals surface area contributed by atoms with Crippen LogP contribution in [0.3, 0.4) is 0 Å². The van der Waals surface area contributed by atoms with Crippen molar-refractivity contribution in [3.8, 4) is 5.75 Å². The van der Waals surface area contributed by atoms with Crippen LogP contribution in [0.15, 0.2) is 24.2 Å². The average molecular weight is 201 g/mol. The molecule has 0 saturated heterocycles. The number of phenols is 1. The van der Waals surface area contributed by atoms with E-state index in [1.165, 1.54) is 18.2 Å². The molecule has 0 saturated carbocycles. The first-order valence-electron chi connectivity index (χ1n) is 4.08. The molecule has 5 heteroatoms. The van der Waals surface area contributed by atoms with Gasteiger partial charge in [-0.2, -0.15) is 0 Å². The molecule has 0 unspecified atom stereocenters. The molecule has 14 heavy (non-hydrogen) atoms. The Balaban J connectivity index is 2.98. The van der Waals surface area contributed by atoms with Crippen LogP contribution in [0.25, 0.3) is 6.08 Å². The van der Waals surface area contributed by atoms with Gasteiger partial charge in [0.15, 0.2) is 0 Å². The van der Waals surface area contributed by atoms with Crippen LogP contribution in [0, 0.1) is 6.92 Å². The molecule has 0 amide bonds. The zero-order chi connectivity index (χ0) is 10.8. The average Bonchev–Trinajstić information content (AvgIpc) is 2.06. The van der Waals surface area contributed by atoms with Crippen LogP contribution < -0.4 is 0 Å². The van der Waals surface area contributed by atoms with E-state index >= 15 is 0 Å². The van der Waals surface area contributed by atoms with Gasteiger partial charge in [0.25, 0.3) is 0 Å². The zero-order valence-electron chi connectivity index (χ0n) is 7.55. The van der Waals surface area contributed by atoms with Crippen LogP contribution >= 0.6 is 0 Å². The van der Waals surface area contributed by atoms with Crippen LogP contribution in [0.4, 0.5) is 12.9 Å². The van der Waals surface area contributed by atoms with Crippen molar-refractivity contribution in [3.05, 3.63) is 35.3 Å². The van der Waals surface area contributed by atoms with Crippen molar-refractivity contribution in [1.29, 1.82) is 0 Å². The first-order valence-corrected chi connectivity index (χ1v) is 4.08. The Morgan fingerprint density at radius 1 is 1.29 bits per heavy atom. The number of hydrogen-bond donors (Lipinski definition) is 1. The van der Waals surface area contributed by atoms with E-state index < -0.39 is 6.98 Å². The lowest BCUT2D eigenvalue weighted by Crippen LogP contribution is -2.09. The molecule has 0 atom stereocenters. The molecule has 1 nitrogen and oxygen atoms in total. The monoisotopic (exact) mass is 201 g/mol. The van der Waals surface area contributed by atoms with Gasteiger partial charge >= 0.3 is 6.98 Å². The second kappa shape index (κ2) is 3.78. The molecule has 0 spiro atoms. The molecule has 0 heterocycles. The quantitative estimate of drug-likeness (QED) is 0.728. The molecule has 0 aliphatic heterocycles. The zero-order valence-corrected chi connectivity index (χ0v) is 7.55. The first-order chi connectivity index (χ1) is 6.40. The summed E-state index contributed by atoms with van der Waals surface area (Å²) >= 11 is 0. The fourth-order valence-electron chi connectivity index (χ4n) is 1.03. The number of phenolic OH excluding ortho intramolecular Hbond substituents is 1. The molecule has 0 aromatic heterocycles. The summed E-state index contributed by atoms with van der Waals surface area (Å²) in [4.78, 5) is 0. The minimum atomic E-state index is -4.92. The maximum atomic E-state index is 11.9. The maximum absolute atomic E-state index is 11.9. The summed E-state index contributed by atoms with van der Waals surface area (Å²) in [6.45, 7) is -3.35. The number of hydrogen-bond acceptors (Lipinski definition) is 1. The largest absolute Gasteiger partial charge is 0.508 e. The molecular weight excluding hydrogens is 192 g/mol. The Labute approximate surface area is 79.9 Å². The third-order valence-corrected chi connectivity index (χ3v) is 1.84. The molecule has 0 fully saturated rings. The summed E-state index contributed by atoms with van der Waals surface area (Å²) in [7, 11) is 0. The van der Waals surface area contributed by atoms with E-state index in [4.69, 9.17) is 0 Å². The lowest BCUT2D eigenvalue weighted by Gasteiger charge is -2.08. The Hall–Kier alpha value is -1.39. The summed E-state index contributed by atoms with van der Waals surface area (Å²) in [5, 5.41) is 9.22. The molecular formula is C9H9BF3O-. The highest BCUT2D eigenvalue weighted by atomic mass is 19.4.